The molecule has 0 saturated heterocycles. The number of aromatic hydroxyl groups is 1. The first-order valence-corrected chi connectivity index (χ1v) is 5.21. The number of carbonyl (C=O) groups excluding carboxylic acids is 1. The van der Waals surface area contributed by atoms with Gasteiger partial charge in [0.05, 0.1) is 0 Å². The van der Waals surface area contributed by atoms with Crippen molar-refractivity contribution in [3.8, 4) is 5.75 Å². The van der Waals surface area contributed by atoms with Crippen LogP contribution in [0.2, 0.25) is 0 Å². The van der Waals surface area contributed by atoms with Crippen molar-refractivity contribution < 1.29 is 9.90 Å². The molecule has 2 rings (SSSR count). The molecule has 0 aliphatic rings. The molecule has 1 amide bonds. The summed E-state index contributed by atoms with van der Waals surface area (Å²) < 4.78 is 0. The van der Waals surface area contributed by atoms with E-state index in [9.17, 15) is 14.7 Å². The first-order valence-electron chi connectivity index (χ1n) is 5.21. The van der Waals surface area contributed by atoms with E-state index in [0.717, 1.165) is 0 Å². The molecule has 1 aromatic carbocycles. The van der Waals surface area contributed by atoms with Gasteiger partial charge in [-0.1, -0.05) is 6.07 Å². The summed E-state index contributed by atoms with van der Waals surface area (Å²) >= 11 is 0. The fourth-order valence-corrected chi connectivity index (χ4v) is 1.45. The second-order valence-electron chi connectivity index (χ2n) is 3.69. The number of benzene rings is 1. The minimum Gasteiger partial charge on any atom is -0.508 e. The van der Waals surface area contributed by atoms with Crippen molar-refractivity contribution in [3.05, 3.63) is 52.4 Å². The second kappa shape index (κ2) is 4.70. The normalized spacial score (nSPS) is 10.1. The van der Waals surface area contributed by atoms with Gasteiger partial charge in [-0.25, -0.2) is 5.10 Å². The molecule has 0 aliphatic heterocycles. The van der Waals surface area contributed by atoms with Crippen molar-refractivity contribution >= 4 is 11.6 Å². The number of hydrogen-bond acceptors (Lipinski definition) is 4. The Balaban J connectivity index is 2.29. The molecule has 0 fully saturated rings. The lowest BCUT2D eigenvalue weighted by molar-refractivity contribution is 0.0987. The van der Waals surface area contributed by atoms with Crippen LogP contribution in [0.3, 0.4) is 0 Å². The molecular formula is C12H11N3O3. The number of hydrogen-bond donors (Lipinski definition) is 2. The molecule has 0 saturated carbocycles. The van der Waals surface area contributed by atoms with Gasteiger partial charge in [-0.05, 0) is 18.2 Å². The summed E-state index contributed by atoms with van der Waals surface area (Å²) in [5.41, 5.74) is 0.292. The van der Waals surface area contributed by atoms with Gasteiger partial charge in [0.2, 0.25) is 0 Å². The van der Waals surface area contributed by atoms with Gasteiger partial charge in [0.25, 0.3) is 11.5 Å². The van der Waals surface area contributed by atoms with Gasteiger partial charge in [0, 0.05) is 24.9 Å². The summed E-state index contributed by atoms with van der Waals surface area (Å²) in [4.78, 5) is 24.2. The molecule has 1 heterocycles. The zero-order chi connectivity index (χ0) is 13.1. The van der Waals surface area contributed by atoms with Gasteiger partial charge >= 0.3 is 0 Å². The van der Waals surface area contributed by atoms with Crippen LogP contribution in [-0.4, -0.2) is 28.3 Å². The van der Waals surface area contributed by atoms with Crippen LogP contribution in [0.25, 0.3) is 0 Å². The van der Waals surface area contributed by atoms with Crippen LogP contribution in [0.4, 0.5) is 5.69 Å². The Labute approximate surface area is 103 Å². The van der Waals surface area contributed by atoms with Gasteiger partial charge < -0.3 is 10.0 Å². The van der Waals surface area contributed by atoms with E-state index in [1.807, 2.05) is 0 Å². The highest BCUT2D eigenvalue weighted by molar-refractivity contribution is 6.04. The summed E-state index contributed by atoms with van der Waals surface area (Å²) in [5.74, 6) is -0.307. The van der Waals surface area contributed by atoms with E-state index in [-0.39, 0.29) is 22.9 Å². The maximum Gasteiger partial charge on any atom is 0.278 e. The number of anilines is 1. The summed E-state index contributed by atoms with van der Waals surface area (Å²) in [6.45, 7) is 0. The number of aromatic nitrogens is 2. The maximum absolute atomic E-state index is 12.0. The van der Waals surface area contributed by atoms with Crippen LogP contribution in [0.15, 0.2) is 41.2 Å². The molecule has 6 heteroatoms. The number of phenolic OH excluding ortho intramolecular Hbond substituents is 1. The number of phenols is 1. The van der Waals surface area contributed by atoms with Crippen molar-refractivity contribution in [2.24, 2.45) is 0 Å². The minimum atomic E-state index is -0.378. The minimum absolute atomic E-state index is 0.0709. The average molecular weight is 245 g/mol. The Bertz CT molecular complexity index is 616. The number of amides is 1. The van der Waals surface area contributed by atoms with E-state index in [4.69, 9.17) is 0 Å². The van der Waals surface area contributed by atoms with E-state index in [0.29, 0.717) is 5.69 Å². The topological polar surface area (TPSA) is 86.3 Å². The SMILES string of the molecule is CN(C(=O)c1ccc(=O)[nH]n1)c1cccc(O)c1. The Morgan fingerprint density at radius 2 is 2.11 bits per heavy atom. The first kappa shape index (κ1) is 11.8. The quantitative estimate of drug-likeness (QED) is 0.817. The van der Waals surface area contributed by atoms with Crippen molar-refractivity contribution in [1.29, 1.82) is 0 Å². The van der Waals surface area contributed by atoms with Crippen molar-refractivity contribution in [2.75, 3.05) is 11.9 Å². The molecule has 0 spiro atoms. The number of rotatable bonds is 2. The monoisotopic (exact) mass is 245 g/mol. The van der Waals surface area contributed by atoms with Crippen LogP contribution in [0.1, 0.15) is 10.5 Å². The summed E-state index contributed by atoms with van der Waals surface area (Å²) in [5, 5.41) is 15.2. The molecule has 92 valence electrons. The number of H-pyrrole nitrogens is 1. The second-order valence-corrected chi connectivity index (χ2v) is 3.69. The Hall–Kier alpha value is -2.63. The van der Waals surface area contributed by atoms with Gasteiger partial charge in [0.1, 0.15) is 11.4 Å². The Morgan fingerprint density at radius 3 is 2.72 bits per heavy atom. The van der Waals surface area contributed by atoms with E-state index >= 15 is 0 Å². The Morgan fingerprint density at radius 1 is 1.33 bits per heavy atom. The van der Waals surface area contributed by atoms with E-state index in [2.05, 4.69) is 10.2 Å². The first-order chi connectivity index (χ1) is 8.58. The third kappa shape index (κ3) is 2.37. The molecule has 6 nitrogen and oxygen atoms in total. The van der Waals surface area contributed by atoms with Gasteiger partial charge in [-0.15, -0.1) is 0 Å². The van der Waals surface area contributed by atoms with Crippen molar-refractivity contribution in [1.82, 2.24) is 10.2 Å². The number of nitrogens with one attached hydrogen (secondary N) is 1. The fourth-order valence-electron chi connectivity index (χ4n) is 1.45. The lowest BCUT2D eigenvalue weighted by Crippen LogP contribution is -2.28. The molecule has 0 aliphatic carbocycles. The molecular weight excluding hydrogens is 234 g/mol. The van der Waals surface area contributed by atoms with Gasteiger partial charge in [-0.3, -0.25) is 9.59 Å². The van der Waals surface area contributed by atoms with Crippen LogP contribution in [0, 0.1) is 0 Å². The molecule has 0 bridgehead atoms. The molecule has 18 heavy (non-hydrogen) atoms. The van der Waals surface area contributed by atoms with Gasteiger partial charge in [-0.2, -0.15) is 5.10 Å². The highest BCUT2D eigenvalue weighted by Crippen LogP contribution is 2.19. The number of carbonyl (C=O) groups is 1. The van der Waals surface area contributed by atoms with Crippen molar-refractivity contribution in [3.63, 3.8) is 0 Å². The van der Waals surface area contributed by atoms with E-state index in [1.54, 1.807) is 19.2 Å². The smallest absolute Gasteiger partial charge is 0.278 e. The number of nitrogens with zero attached hydrogens (tertiary/aromatic N) is 2. The fraction of sp³-hybridized carbons (Fsp3) is 0.0833. The van der Waals surface area contributed by atoms with Crippen LogP contribution in [-0.2, 0) is 0 Å². The molecule has 0 radical (unpaired) electrons. The summed E-state index contributed by atoms with van der Waals surface area (Å²) in [6, 6.07) is 8.87. The lowest BCUT2D eigenvalue weighted by atomic mass is 10.2. The predicted molar refractivity (Wildman–Crippen MR) is 65.7 cm³/mol. The zero-order valence-electron chi connectivity index (χ0n) is 9.62. The third-order valence-corrected chi connectivity index (χ3v) is 2.42. The number of aromatic amines is 1. The Kier molecular flexibility index (Phi) is 3.09. The maximum atomic E-state index is 12.0. The highest BCUT2D eigenvalue weighted by Gasteiger charge is 2.15. The largest absolute Gasteiger partial charge is 0.508 e. The van der Waals surface area contributed by atoms with Crippen molar-refractivity contribution in [2.45, 2.75) is 0 Å². The molecule has 0 atom stereocenters. The summed E-state index contributed by atoms with van der Waals surface area (Å²) in [6.07, 6.45) is 0. The molecule has 2 aromatic rings. The standard InChI is InChI=1S/C12H11N3O3/c1-15(8-3-2-4-9(16)7-8)12(18)10-5-6-11(17)14-13-10/h2-7,16H,1H3,(H,14,17). The third-order valence-electron chi connectivity index (χ3n) is 2.42. The predicted octanol–water partition coefficient (Wildman–Crippen LogP) is 0.752. The highest BCUT2D eigenvalue weighted by atomic mass is 16.3. The molecule has 2 N–H and O–H groups in total. The van der Waals surface area contributed by atoms with E-state index < -0.39 is 0 Å². The zero-order valence-corrected chi connectivity index (χ0v) is 9.62. The lowest BCUT2D eigenvalue weighted by Gasteiger charge is -2.16. The van der Waals surface area contributed by atoms with Gasteiger partial charge in [0.15, 0.2) is 0 Å². The molecule has 0 unspecified atom stereocenters. The van der Waals surface area contributed by atoms with Crippen LogP contribution < -0.4 is 10.5 Å². The average Bonchev–Trinajstić information content (AvgIpc) is 2.38. The van der Waals surface area contributed by atoms with Crippen LogP contribution in [0.5, 0.6) is 5.75 Å². The molecule has 1 aromatic heterocycles. The van der Waals surface area contributed by atoms with E-state index in [1.165, 1.54) is 29.2 Å². The summed E-state index contributed by atoms with van der Waals surface area (Å²) in [7, 11) is 1.56. The van der Waals surface area contributed by atoms with Crippen LogP contribution >= 0.6 is 0 Å².